The number of piperidine rings is 1. The van der Waals surface area contributed by atoms with Gasteiger partial charge in [0.15, 0.2) is 11.5 Å². The fourth-order valence-corrected chi connectivity index (χ4v) is 4.80. The first-order valence-corrected chi connectivity index (χ1v) is 12.1. The van der Waals surface area contributed by atoms with Gasteiger partial charge in [0.25, 0.3) is 0 Å². The molecule has 2 aromatic heterocycles. The van der Waals surface area contributed by atoms with Gasteiger partial charge in [0, 0.05) is 5.92 Å². The zero-order valence-electron chi connectivity index (χ0n) is 19.2. The first-order valence-electron chi connectivity index (χ1n) is 11.2. The number of nitrogens with zero attached hydrogens (tertiary/aromatic N) is 3. The Morgan fingerprint density at radius 2 is 2.03 bits per heavy atom. The smallest absolute Gasteiger partial charge is 0.241 e. The van der Waals surface area contributed by atoms with E-state index in [9.17, 15) is 4.79 Å². The van der Waals surface area contributed by atoms with E-state index in [1.54, 1.807) is 25.6 Å². The van der Waals surface area contributed by atoms with Crippen molar-refractivity contribution in [2.24, 2.45) is 5.92 Å². The molecule has 0 saturated carbocycles. The van der Waals surface area contributed by atoms with E-state index in [4.69, 9.17) is 14.0 Å². The summed E-state index contributed by atoms with van der Waals surface area (Å²) in [4.78, 5) is 20.8. The second kappa shape index (κ2) is 10.8. The number of carbonyl (C=O) groups excluding carboxylic acids is 1. The first-order chi connectivity index (χ1) is 16.1. The molecule has 0 bridgehead atoms. The highest BCUT2D eigenvalue weighted by molar-refractivity contribution is 7.13. The SMILES string of the molecule is CCC(NC(=O)C1CCN(Cc2nc(-c3cccs3)no2)CC1)c1ccc(OC)c(OC)c1. The molecular weight excluding hydrogens is 440 g/mol. The summed E-state index contributed by atoms with van der Waals surface area (Å²) in [6, 6.07) is 9.68. The summed E-state index contributed by atoms with van der Waals surface area (Å²) in [6.45, 7) is 4.32. The number of amides is 1. The van der Waals surface area contributed by atoms with E-state index < -0.39 is 0 Å². The Bertz CT molecular complexity index is 1040. The molecule has 1 unspecified atom stereocenters. The number of benzene rings is 1. The Morgan fingerprint density at radius 3 is 2.70 bits per heavy atom. The maximum atomic E-state index is 13.0. The Morgan fingerprint density at radius 1 is 1.24 bits per heavy atom. The Kier molecular flexibility index (Phi) is 7.61. The number of thiophene rings is 1. The van der Waals surface area contributed by atoms with Gasteiger partial charge in [-0.2, -0.15) is 4.98 Å². The van der Waals surface area contributed by atoms with Gasteiger partial charge in [-0.15, -0.1) is 11.3 Å². The molecule has 8 nitrogen and oxygen atoms in total. The molecule has 1 atom stereocenters. The van der Waals surface area contributed by atoms with Crippen LogP contribution in [-0.4, -0.2) is 48.3 Å². The average Bonchev–Trinajstić information content (AvgIpc) is 3.54. The molecule has 176 valence electrons. The maximum absolute atomic E-state index is 13.0. The third-order valence-electron chi connectivity index (χ3n) is 6.06. The van der Waals surface area contributed by atoms with Crippen molar-refractivity contribution in [1.29, 1.82) is 0 Å². The number of likely N-dealkylation sites (tertiary alicyclic amines) is 1. The Balaban J connectivity index is 1.30. The lowest BCUT2D eigenvalue weighted by molar-refractivity contribution is -0.127. The van der Waals surface area contributed by atoms with Gasteiger partial charge in [0.1, 0.15) is 0 Å². The van der Waals surface area contributed by atoms with E-state index in [0.717, 1.165) is 42.8 Å². The van der Waals surface area contributed by atoms with Crippen molar-refractivity contribution in [3.05, 3.63) is 47.2 Å². The molecule has 33 heavy (non-hydrogen) atoms. The van der Waals surface area contributed by atoms with Crippen molar-refractivity contribution in [1.82, 2.24) is 20.4 Å². The van der Waals surface area contributed by atoms with Crippen molar-refractivity contribution in [2.75, 3.05) is 27.3 Å². The van der Waals surface area contributed by atoms with E-state index in [2.05, 4.69) is 27.3 Å². The minimum Gasteiger partial charge on any atom is -0.493 e. The Labute approximate surface area is 197 Å². The van der Waals surface area contributed by atoms with Gasteiger partial charge in [-0.05, 0) is 61.5 Å². The fourth-order valence-electron chi connectivity index (χ4n) is 4.15. The summed E-state index contributed by atoms with van der Waals surface area (Å²) in [5.41, 5.74) is 1.01. The summed E-state index contributed by atoms with van der Waals surface area (Å²) < 4.78 is 16.2. The van der Waals surface area contributed by atoms with Crippen molar-refractivity contribution in [3.8, 4) is 22.2 Å². The van der Waals surface area contributed by atoms with Crippen molar-refractivity contribution >= 4 is 17.2 Å². The van der Waals surface area contributed by atoms with Gasteiger partial charge < -0.3 is 19.3 Å². The van der Waals surface area contributed by atoms with Crippen LogP contribution in [-0.2, 0) is 11.3 Å². The molecule has 0 spiro atoms. The van der Waals surface area contributed by atoms with Crippen LogP contribution in [0.1, 0.15) is 43.7 Å². The number of methoxy groups -OCH3 is 2. The normalized spacial score (nSPS) is 15.8. The third-order valence-corrected chi connectivity index (χ3v) is 6.93. The van der Waals surface area contributed by atoms with Crippen LogP contribution >= 0.6 is 11.3 Å². The molecule has 1 saturated heterocycles. The van der Waals surface area contributed by atoms with E-state index in [-0.39, 0.29) is 17.9 Å². The summed E-state index contributed by atoms with van der Waals surface area (Å²) in [5.74, 6) is 2.70. The molecule has 1 aliphatic heterocycles. The molecule has 3 heterocycles. The van der Waals surface area contributed by atoms with Crippen LogP contribution in [0.25, 0.3) is 10.7 Å². The lowest BCUT2D eigenvalue weighted by atomic mass is 9.94. The molecule has 9 heteroatoms. The molecule has 1 amide bonds. The van der Waals surface area contributed by atoms with E-state index in [1.807, 2.05) is 35.7 Å². The van der Waals surface area contributed by atoms with Crippen molar-refractivity contribution in [3.63, 3.8) is 0 Å². The van der Waals surface area contributed by atoms with Gasteiger partial charge in [0.2, 0.25) is 17.6 Å². The summed E-state index contributed by atoms with van der Waals surface area (Å²) >= 11 is 1.59. The molecule has 1 aromatic carbocycles. The highest BCUT2D eigenvalue weighted by Crippen LogP contribution is 2.31. The lowest BCUT2D eigenvalue weighted by Gasteiger charge is -2.31. The largest absolute Gasteiger partial charge is 0.493 e. The van der Waals surface area contributed by atoms with Gasteiger partial charge >= 0.3 is 0 Å². The summed E-state index contributed by atoms with van der Waals surface area (Å²) in [5, 5.41) is 9.30. The molecule has 1 fully saturated rings. The predicted octanol–water partition coefficient (Wildman–Crippen LogP) is 4.29. The van der Waals surface area contributed by atoms with Crippen LogP contribution < -0.4 is 14.8 Å². The molecule has 1 N–H and O–H groups in total. The third kappa shape index (κ3) is 5.54. The predicted molar refractivity (Wildman–Crippen MR) is 126 cm³/mol. The van der Waals surface area contributed by atoms with E-state index in [0.29, 0.717) is 29.8 Å². The van der Waals surface area contributed by atoms with Crippen molar-refractivity contribution in [2.45, 2.75) is 38.8 Å². The fraction of sp³-hybridized carbons (Fsp3) is 0.458. The van der Waals surface area contributed by atoms with Gasteiger partial charge in [-0.3, -0.25) is 9.69 Å². The van der Waals surface area contributed by atoms with Crippen LogP contribution in [0.3, 0.4) is 0 Å². The number of aromatic nitrogens is 2. The monoisotopic (exact) mass is 470 g/mol. The number of hydrogen-bond donors (Lipinski definition) is 1. The van der Waals surface area contributed by atoms with E-state index in [1.165, 1.54) is 0 Å². The van der Waals surface area contributed by atoms with Crippen LogP contribution in [0.4, 0.5) is 0 Å². The minimum atomic E-state index is -0.0654. The molecule has 1 aliphatic rings. The molecule has 4 rings (SSSR count). The first kappa shape index (κ1) is 23.3. The quantitative estimate of drug-likeness (QED) is 0.499. The molecule has 0 radical (unpaired) electrons. The summed E-state index contributed by atoms with van der Waals surface area (Å²) in [7, 11) is 3.23. The molecule has 0 aliphatic carbocycles. The lowest BCUT2D eigenvalue weighted by Crippen LogP contribution is -2.41. The molecule has 3 aromatic rings. The zero-order chi connectivity index (χ0) is 23.2. The Hall–Kier alpha value is -2.91. The topological polar surface area (TPSA) is 89.7 Å². The average molecular weight is 471 g/mol. The number of carbonyl (C=O) groups is 1. The van der Waals surface area contributed by atoms with Crippen molar-refractivity contribution < 1.29 is 18.8 Å². The number of nitrogens with one attached hydrogen (secondary N) is 1. The maximum Gasteiger partial charge on any atom is 0.241 e. The zero-order valence-corrected chi connectivity index (χ0v) is 20.1. The number of rotatable bonds is 9. The van der Waals surface area contributed by atoms with Gasteiger partial charge in [0.05, 0.1) is 31.7 Å². The highest BCUT2D eigenvalue weighted by Gasteiger charge is 2.27. The van der Waals surface area contributed by atoms with E-state index >= 15 is 0 Å². The van der Waals surface area contributed by atoms with Gasteiger partial charge in [-0.1, -0.05) is 24.2 Å². The van der Waals surface area contributed by atoms with Crippen LogP contribution in [0, 0.1) is 5.92 Å². The van der Waals surface area contributed by atoms with Crippen LogP contribution in [0.15, 0.2) is 40.2 Å². The second-order valence-electron chi connectivity index (χ2n) is 8.12. The number of hydrogen-bond acceptors (Lipinski definition) is 8. The number of ether oxygens (including phenoxy) is 2. The second-order valence-corrected chi connectivity index (χ2v) is 9.07. The molecular formula is C24H30N4O4S. The standard InChI is InChI=1S/C24H30N4O4S/c1-4-18(17-7-8-19(30-2)20(14-17)31-3)25-24(29)16-9-11-28(12-10-16)15-22-26-23(27-32-22)21-6-5-13-33-21/h5-8,13-14,16,18H,4,9-12,15H2,1-3H3,(H,25,29). The van der Waals surface area contributed by atoms with Gasteiger partial charge in [-0.25, -0.2) is 0 Å². The van der Waals surface area contributed by atoms with Crippen LogP contribution in [0.5, 0.6) is 11.5 Å². The minimum absolute atomic E-state index is 0.000177. The summed E-state index contributed by atoms with van der Waals surface area (Å²) in [6.07, 6.45) is 2.41. The highest BCUT2D eigenvalue weighted by atomic mass is 32.1. The van der Waals surface area contributed by atoms with Crippen LogP contribution in [0.2, 0.25) is 0 Å².